The maximum atomic E-state index is 5.87. The average Bonchev–Trinajstić information content (AvgIpc) is 3.56. The van der Waals surface area contributed by atoms with Crippen molar-refractivity contribution in [3.8, 4) is 16.4 Å². The van der Waals surface area contributed by atoms with Crippen LogP contribution < -0.4 is 0 Å². The minimum Gasteiger partial charge on any atom is -0.376 e. The summed E-state index contributed by atoms with van der Waals surface area (Å²) in [7, 11) is 0. The molecular weight excluding hydrogens is 402 g/mol. The summed E-state index contributed by atoms with van der Waals surface area (Å²) in [4.78, 5) is 1.14. The molecule has 4 aromatic rings. The van der Waals surface area contributed by atoms with Crippen molar-refractivity contribution in [3.05, 3.63) is 65.8 Å². The molecule has 1 aliphatic rings. The van der Waals surface area contributed by atoms with E-state index in [4.69, 9.17) is 4.74 Å². The number of nitrogens with zero attached hydrogens (tertiary/aromatic N) is 5. The molecule has 1 atom stereocenters. The van der Waals surface area contributed by atoms with E-state index < -0.39 is 0 Å². The normalized spacial score (nSPS) is 16.5. The van der Waals surface area contributed by atoms with Gasteiger partial charge in [-0.15, -0.1) is 21.5 Å². The van der Waals surface area contributed by atoms with Crippen LogP contribution in [0.2, 0.25) is 0 Å². The topological polar surface area (TPSA) is 57.8 Å². The van der Waals surface area contributed by atoms with Crippen molar-refractivity contribution in [2.24, 2.45) is 0 Å². The second-order valence-corrected chi connectivity index (χ2v) is 8.83. The Hall–Kier alpha value is -2.42. The first kappa shape index (κ1) is 18.6. The van der Waals surface area contributed by atoms with Gasteiger partial charge in [0.2, 0.25) is 0 Å². The highest BCUT2D eigenvalue weighted by atomic mass is 32.2. The number of rotatable bonds is 7. The third-order valence-corrected chi connectivity index (χ3v) is 6.85. The second-order valence-electron chi connectivity index (χ2n) is 6.93. The Morgan fingerprint density at radius 2 is 2.07 bits per heavy atom. The van der Waals surface area contributed by atoms with Gasteiger partial charge < -0.3 is 4.74 Å². The van der Waals surface area contributed by atoms with Crippen molar-refractivity contribution in [2.45, 2.75) is 36.4 Å². The Morgan fingerprint density at radius 1 is 1.14 bits per heavy atom. The second kappa shape index (κ2) is 8.52. The molecule has 29 heavy (non-hydrogen) atoms. The monoisotopic (exact) mass is 423 g/mol. The molecule has 0 amide bonds. The van der Waals surface area contributed by atoms with E-state index >= 15 is 0 Å². The number of ether oxygens (including phenoxy) is 1. The van der Waals surface area contributed by atoms with Crippen molar-refractivity contribution >= 4 is 23.1 Å². The third kappa shape index (κ3) is 4.14. The van der Waals surface area contributed by atoms with Crippen LogP contribution >= 0.6 is 23.1 Å². The molecule has 0 N–H and O–H groups in total. The molecule has 3 aromatic heterocycles. The Balaban J connectivity index is 1.33. The van der Waals surface area contributed by atoms with Gasteiger partial charge in [0.05, 0.1) is 23.2 Å². The molecule has 0 radical (unpaired) electrons. The SMILES string of the molecule is c1csc(-c2nnc(SCc3ccc(-n4cccn4)cc3)n2CC2CCCO2)c1. The quantitative estimate of drug-likeness (QED) is 0.405. The minimum atomic E-state index is 0.248. The highest BCUT2D eigenvalue weighted by Crippen LogP contribution is 2.30. The summed E-state index contributed by atoms with van der Waals surface area (Å²) in [5.41, 5.74) is 2.31. The molecule has 0 saturated carbocycles. The first-order valence-corrected chi connectivity index (χ1v) is 11.5. The standard InChI is InChI=1S/C21H21N5OS2/c1-4-18(27-12-1)14-25-20(19-5-2-13-28-19)23-24-21(25)29-15-16-6-8-17(9-7-16)26-11-3-10-22-26/h2-3,5-11,13,18H,1,4,12,14-15H2. The van der Waals surface area contributed by atoms with Crippen molar-refractivity contribution in [1.82, 2.24) is 24.5 Å². The van der Waals surface area contributed by atoms with E-state index in [1.807, 2.05) is 16.9 Å². The van der Waals surface area contributed by atoms with Crippen LogP contribution in [0.15, 0.2) is 65.4 Å². The number of benzene rings is 1. The maximum Gasteiger partial charge on any atom is 0.191 e. The molecule has 0 aliphatic carbocycles. The van der Waals surface area contributed by atoms with Gasteiger partial charge >= 0.3 is 0 Å². The maximum absolute atomic E-state index is 5.87. The van der Waals surface area contributed by atoms with Crippen molar-refractivity contribution in [3.63, 3.8) is 0 Å². The van der Waals surface area contributed by atoms with Crippen LogP contribution in [0.5, 0.6) is 0 Å². The predicted molar refractivity (Wildman–Crippen MR) is 115 cm³/mol. The smallest absolute Gasteiger partial charge is 0.191 e. The van der Waals surface area contributed by atoms with Gasteiger partial charge in [-0.25, -0.2) is 4.68 Å². The number of thioether (sulfide) groups is 1. The lowest BCUT2D eigenvalue weighted by Gasteiger charge is -2.14. The van der Waals surface area contributed by atoms with E-state index in [9.17, 15) is 0 Å². The molecule has 0 bridgehead atoms. The molecule has 6 nitrogen and oxygen atoms in total. The molecule has 1 aliphatic heterocycles. The van der Waals surface area contributed by atoms with E-state index in [2.05, 4.69) is 61.6 Å². The number of thiophene rings is 1. The van der Waals surface area contributed by atoms with Crippen molar-refractivity contribution < 1.29 is 4.74 Å². The summed E-state index contributed by atoms with van der Waals surface area (Å²) in [5, 5.41) is 16.3. The van der Waals surface area contributed by atoms with Gasteiger partial charge in [-0.1, -0.05) is 30.0 Å². The number of aromatic nitrogens is 5. The first-order chi connectivity index (χ1) is 14.4. The van der Waals surface area contributed by atoms with Crippen LogP contribution in [0.25, 0.3) is 16.4 Å². The van der Waals surface area contributed by atoms with Gasteiger partial charge in [0.25, 0.3) is 0 Å². The molecule has 0 spiro atoms. The van der Waals surface area contributed by atoms with E-state index in [0.717, 1.165) is 53.3 Å². The van der Waals surface area contributed by atoms with E-state index in [1.54, 1.807) is 29.3 Å². The van der Waals surface area contributed by atoms with Gasteiger partial charge in [-0.3, -0.25) is 4.57 Å². The molecule has 1 fully saturated rings. The number of hydrogen-bond acceptors (Lipinski definition) is 6. The van der Waals surface area contributed by atoms with E-state index in [1.165, 1.54) is 5.56 Å². The molecule has 5 rings (SSSR count). The summed E-state index contributed by atoms with van der Waals surface area (Å²) in [6.07, 6.45) is 6.21. The van der Waals surface area contributed by atoms with Crippen molar-refractivity contribution in [2.75, 3.05) is 6.61 Å². The lowest BCUT2D eigenvalue weighted by atomic mass is 10.2. The van der Waals surface area contributed by atoms with Crippen LogP contribution in [0, 0.1) is 0 Å². The Morgan fingerprint density at radius 3 is 2.79 bits per heavy atom. The largest absolute Gasteiger partial charge is 0.376 e. The van der Waals surface area contributed by atoms with Crippen LogP contribution in [-0.2, 0) is 17.0 Å². The zero-order valence-corrected chi connectivity index (χ0v) is 17.5. The van der Waals surface area contributed by atoms with Gasteiger partial charge in [-0.05, 0) is 48.1 Å². The highest BCUT2D eigenvalue weighted by molar-refractivity contribution is 7.98. The van der Waals surface area contributed by atoms with Gasteiger partial charge in [0, 0.05) is 24.8 Å². The van der Waals surface area contributed by atoms with Crippen molar-refractivity contribution in [1.29, 1.82) is 0 Å². The molecular formula is C21H21N5OS2. The summed E-state index contributed by atoms with van der Waals surface area (Å²) >= 11 is 3.42. The highest BCUT2D eigenvalue weighted by Gasteiger charge is 2.22. The predicted octanol–water partition coefficient (Wildman–Crippen LogP) is 4.66. The van der Waals surface area contributed by atoms with Gasteiger partial charge in [0.15, 0.2) is 11.0 Å². The third-order valence-electron chi connectivity index (χ3n) is 4.94. The fourth-order valence-corrected chi connectivity index (χ4v) is 5.08. The lowest BCUT2D eigenvalue weighted by Crippen LogP contribution is -2.16. The van der Waals surface area contributed by atoms with Crippen LogP contribution in [0.4, 0.5) is 0 Å². The summed E-state index contributed by atoms with van der Waals surface area (Å²) in [6.45, 7) is 1.66. The average molecular weight is 424 g/mol. The zero-order valence-electron chi connectivity index (χ0n) is 15.8. The summed E-state index contributed by atoms with van der Waals surface area (Å²) in [6, 6.07) is 14.6. The van der Waals surface area contributed by atoms with Crippen LogP contribution in [-0.4, -0.2) is 37.3 Å². The Labute approximate surface area is 177 Å². The zero-order chi connectivity index (χ0) is 19.5. The summed E-state index contributed by atoms with van der Waals surface area (Å²) < 4.78 is 9.96. The number of hydrogen-bond donors (Lipinski definition) is 0. The lowest BCUT2D eigenvalue weighted by molar-refractivity contribution is 0.0953. The molecule has 1 unspecified atom stereocenters. The van der Waals surface area contributed by atoms with Crippen LogP contribution in [0.1, 0.15) is 18.4 Å². The Bertz CT molecular complexity index is 1040. The molecule has 4 heterocycles. The fraction of sp³-hybridized carbons (Fsp3) is 0.286. The van der Waals surface area contributed by atoms with E-state index in [0.29, 0.717) is 0 Å². The van der Waals surface area contributed by atoms with E-state index in [-0.39, 0.29) is 6.10 Å². The summed E-state index contributed by atoms with van der Waals surface area (Å²) in [5.74, 6) is 1.78. The molecule has 1 saturated heterocycles. The van der Waals surface area contributed by atoms with Crippen LogP contribution in [0.3, 0.4) is 0 Å². The van der Waals surface area contributed by atoms with Gasteiger partial charge in [-0.2, -0.15) is 5.10 Å². The Kier molecular flexibility index (Phi) is 5.47. The fourth-order valence-electron chi connectivity index (χ4n) is 3.45. The molecule has 8 heteroatoms. The first-order valence-electron chi connectivity index (χ1n) is 9.67. The molecule has 1 aromatic carbocycles. The van der Waals surface area contributed by atoms with Gasteiger partial charge in [0.1, 0.15) is 0 Å². The minimum absolute atomic E-state index is 0.248. The molecule has 148 valence electrons.